The zero-order chi connectivity index (χ0) is 14.1. The summed E-state index contributed by atoms with van der Waals surface area (Å²) in [6, 6.07) is 6.51. The van der Waals surface area contributed by atoms with Crippen molar-refractivity contribution in [1.82, 2.24) is 9.63 Å². The fraction of sp³-hybridized carbons (Fsp3) is 0.467. The van der Waals surface area contributed by atoms with Crippen molar-refractivity contribution in [1.29, 1.82) is 0 Å². The van der Waals surface area contributed by atoms with E-state index in [0.29, 0.717) is 5.25 Å². The van der Waals surface area contributed by atoms with Gasteiger partial charge in [0.05, 0.1) is 7.11 Å². The monoisotopic (exact) mass is 354 g/mol. The van der Waals surface area contributed by atoms with Crippen LogP contribution < -0.4 is 0 Å². The van der Waals surface area contributed by atoms with Crippen molar-refractivity contribution in [3.8, 4) is 0 Å². The van der Waals surface area contributed by atoms with E-state index in [1.165, 1.54) is 28.6 Å². The van der Waals surface area contributed by atoms with E-state index in [-0.39, 0.29) is 0 Å². The molecule has 20 heavy (non-hydrogen) atoms. The first-order valence-corrected chi connectivity index (χ1v) is 8.55. The van der Waals surface area contributed by atoms with E-state index in [1.54, 1.807) is 7.11 Å². The second-order valence-corrected chi connectivity index (χ2v) is 7.45. The summed E-state index contributed by atoms with van der Waals surface area (Å²) < 4.78 is 3.36. The maximum atomic E-state index is 5.29. The Hall–Kier alpha value is -0.490. The molecule has 108 valence electrons. The zero-order valence-electron chi connectivity index (χ0n) is 11.8. The quantitative estimate of drug-likeness (QED) is 0.827. The molecule has 1 saturated heterocycles. The molecular formula is C15H19BrN2OS. The molecule has 0 spiro atoms. The van der Waals surface area contributed by atoms with E-state index in [2.05, 4.69) is 57.0 Å². The second kappa shape index (κ2) is 6.10. The Morgan fingerprint density at radius 1 is 1.30 bits per heavy atom. The molecule has 0 radical (unpaired) electrons. The molecule has 2 aromatic rings. The van der Waals surface area contributed by atoms with Crippen LogP contribution in [0.25, 0.3) is 10.9 Å². The summed E-state index contributed by atoms with van der Waals surface area (Å²) in [6.45, 7) is 2.06. The highest BCUT2D eigenvalue weighted by atomic mass is 79.9. The fourth-order valence-electron chi connectivity index (χ4n) is 2.73. The van der Waals surface area contributed by atoms with Crippen molar-refractivity contribution in [2.24, 2.45) is 7.05 Å². The first kappa shape index (κ1) is 14.4. The smallest absolute Gasteiger partial charge is 0.0575 e. The van der Waals surface area contributed by atoms with E-state index in [4.69, 9.17) is 4.84 Å². The summed E-state index contributed by atoms with van der Waals surface area (Å²) in [6.07, 6.45) is 4.62. The van der Waals surface area contributed by atoms with E-state index < -0.39 is 0 Å². The number of halogens is 1. The standard InChI is InChI=1S/C15H19BrN2OS/c1-17-10-15(13-9-11(16)3-4-14(13)17)20-12-5-7-18(19-2)8-6-12/h3-4,9-10,12H,5-8H2,1-2H3. The number of aryl methyl sites for hydroxylation is 1. The normalized spacial score (nSPS) is 17.9. The Bertz CT molecular complexity index is 605. The number of hydrogen-bond donors (Lipinski definition) is 0. The van der Waals surface area contributed by atoms with Crippen LogP contribution in [0.3, 0.4) is 0 Å². The average Bonchev–Trinajstić information content (AvgIpc) is 2.76. The second-order valence-electron chi connectivity index (χ2n) is 5.19. The Kier molecular flexibility index (Phi) is 4.40. The van der Waals surface area contributed by atoms with Gasteiger partial charge in [-0.2, -0.15) is 5.06 Å². The first-order chi connectivity index (χ1) is 9.67. The van der Waals surface area contributed by atoms with Crippen LogP contribution in [0.4, 0.5) is 0 Å². The number of benzene rings is 1. The predicted molar refractivity (Wildman–Crippen MR) is 88.1 cm³/mol. The SMILES string of the molecule is CON1CCC(Sc2cn(C)c3ccc(Br)cc23)CC1. The van der Waals surface area contributed by atoms with Crippen molar-refractivity contribution >= 4 is 38.6 Å². The fourth-order valence-corrected chi connectivity index (χ4v) is 4.41. The Labute approximate surface area is 132 Å². The minimum atomic E-state index is 0.686. The molecule has 1 aromatic carbocycles. The molecule has 5 heteroatoms. The number of hydrogen-bond acceptors (Lipinski definition) is 3. The van der Waals surface area contributed by atoms with Gasteiger partial charge in [0.25, 0.3) is 0 Å². The van der Waals surface area contributed by atoms with Gasteiger partial charge in [-0.1, -0.05) is 15.9 Å². The molecule has 0 aliphatic carbocycles. The first-order valence-electron chi connectivity index (χ1n) is 6.87. The minimum absolute atomic E-state index is 0.686. The highest BCUT2D eigenvalue weighted by Gasteiger charge is 2.21. The maximum absolute atomic E-state index is 5.29. The summed E-state index contributed by atoms with van der Waals surface area (Å²) in [7, 11) is 3.88. The van der Waals surface area contributed by atoms with Crippen LogP contribution >= 0.6 is 27.7 Å². The van der Waals surface area contributed by atoms with Crippen molar-refractivity contribution in [3.63, 3.8) is 0 Å². The average molecular weight is 355 g/mol. The van der Waals surface area contributed by atoms with Crippen molar-refractivity contribution in [2.75, 3.05) is 20.2 Å². The molecule has 0 N–H and O–H groups in total. The van der Waals surface area contributed by atoms with E-state index >= 15 is 0 Å². The highest BCUT2D eigenvalue weighted by molar-refractivity contribution is 9.10. The Morgan fingerprint density at radius 3 is 2.75 bits per heavy atom. The molecule has 1 fully saturated rings. The minimum Gasteiger partial charge on any atom is -0.349 e. The molecule has 3 nitrogen and oxygen atoms in total. The van der Waals surface area contributed by atoms with Crippen LogP contribution in [0.5, 0.6) is 0 Å². The number of aromatic nitrogens is 1. The molecule has 1 aromatic heterocycles. The van der Waals surface area contributed by atoms with Crippen LogP contribution in [0.1, 0.15) is 12.8 Å². The van der Waals surface area contributed by atoms with Crippen molar-refractivity contribution in [2.45, 2.75) is 23.0 Å². The summed E-state index contributed by atoms with van der Waals surface area (Å²) in [4.78, 5) is 6.68. The number of rotatable bonds is 3. The Morgan fingerprint density at radius 2 is 2.05 bits per heavy atom. The molecule has 2 heterocycles. The largest absolute Gasteiger partial charge is 0.349 e. The van der Waals surface area contributed by atoms with Gasteiger partial charge in [0.15, 0.2) is 0 Å². The Balaban J connectivity index is 1.79. The van der Waals surface area contributed by atoms with Gasteiger partial charge in [-0.15, -0.1) is 11.8 Å². The summed E-state index contributed by atoms with van der Waals surface area (Å²) in [5.41, 5.74) is 1.30. The van der Waals surface area contributed by atoms with Crippen LogP contribution in [-0.2, 0) is 11.9 Å². The number of nitrogens with zero attached hydrogens (tertiary/aromatic N) is 2. The summed E-state index contributed by atoms with van der Waals surface area (Å²) in [5.74, 6) is 0. The topological polar surface area (TPSA) is 17.4 Å². The van der Waals surface area contributed by atoms with Gasteiger partial charge in [-0.25, -0.2) is 0 Å². The van der Waals surface area contributed by atoms with Gasteiger partial charge >= 0.3 is 0 Å². The van der Waals surface area contributed by atoms with Crippen LogP contribution in [0.15, 0.2) is 33.8 Å². The molecule has 0 unspecified atom stereocenters. The molecule has 0 saturated carbocycles. The van der Waals surface area contributed by atoms with Gasteiger partial charge in [0, 0.05) is 51.9 Å². The van der Waals surface area contributed by atoms with Gasteiger partial charge in [-0.05, 0) is 31.0 Å². The zero-order valence-corrected chi connectivity index (χ0v) is 14.2. The lowest BCUT2D eigenvalue weighted by Crippen LogP contribution is -2.33. The molecule has 1 aliphatic rings. The third kappa shape index (κ3) is 2.91. The van der Waals surface area contributed by atoms with Gasteiger partial charge < -0.3 is 9.40 Å². The predicted octanol–water partition coefficient (Wildman–Crippen LogP) is 4.06. The third-order valence-electron chi connectivity index (χ3n) is 3.87. The molecule has 1 aliphatic heterocycles. The van der Waals surface area contributed by atoms with Crippen LogP contribution in [0.2, 0.25) is 0 Å². The molecule has 3 rings (SSSR count). The van der Waals surface area contributed by atoms with E-state index in [0.717, 1.165) is 17.6 Å². The van der Waals surface area contributed by atoms with Crippen molar-refractivity contribution in [3.05, 3.63) is 28.9 Å². The number of hydroxylamine groups is 2. The van der Waals surface area contributed by atoms with Crippen LogP contribution in [-0.4, -0.2) is 35.1 Å². The molecule has 0 bridgehead atoms. The maximum Gasteiger partial charge on any atom is 0.0575 e. The lowest BCUT2D eigenvalue weighted by molar-refractivity contribution is -0.140. The lowest BCUT2D eigenvalue weighted by Gasteiger charge is -2.29. The molecule has 0 amide bonds. The number of thioether (sulfide) groups is 1. The van der Waals surface area contributed by atoms with E-state index in [9.17, 15) is 0 Å². The molecule has 0 atom stereocenters. The third-order valence-corrected chi connectivity index (χ3v) is 5.74. The lowest BCUT2D eigenvalue weighted by atomic mass is 10.1. The van der Waals surface area contributed by atoms with Gasteiger partial charge in [-0.3, -0.25) is 0 Å². The molecular weight excluding hydrogens is 336 g/mol. The van der Waals surface area contributed by atoms with Crippen LogP contribution in [0, 0.1) is 0 Å². The number of fused-ring (bicyclic) bond motifs is 1. The summed E-state index contributed by atoms with van der Waals surface area (Å²) in [5, 5.41) is 4.09. The van der Waals surface area contributed by atoms with Gasteiger partial charge in [0.2, 0.25) is 0 Å². The van der Waals surface area contributed by atoms with Crippen molar-refractivity contribution < 1.29 is 4.84 Å². The summed E-state index contributed by atoms with van der Waals surface area (Å²) >= 11 is 5.59. The number of piperidine rings is 1. The van der Waals surface area contributed by atoms with E-state index in [1.807, 2.05) is 11.8 Å². The van der Waals surface area contributed by atoms with Gasteiger partial charge in [0.1, 0.15) is 0 Å². The highest BCUT2D eigenvalue weighted by Crippen LogP contribution is 2.36.